The maximum absolute atomic E-state index is 12.5. The van der Waals surface area contributed by atoms with Crippen LogP contribution in [-0.2, 0) is 14.4 Å². The maximum Gasteiger partial charge on any atom is 0.306 e. The van der Waals surface area contributed by atoms with Gasteiger partial charge in [-0.05, 0) is 48.4 Å². The summed E-state index contributed by atoms with van der Waals surface area (Å²) >= 11 is 0.798. The average Bonchev–Trinajstić information content (AvgIpc) is 2.96. The van der Waals surface area contributed by atoms with Crippen LogP contribution in [0.5, 0.6) is 5.75 Å². The summed E-state index contributed by atoms with van der Waals surface area (Å²) < 4.78 is 5.09. The summed E-state index contributed by atoms with van der Waals surface area (Å²) in [6.07, 6.45) is 2.36. The number of methoxy groups -OCH3 is 1. The molecular weight excluding hydrogens is 384 g/mol. The van der Waals surface area contributed by atoms with Crippen molar-refractivity contribution in [3.8, 4) is 5.75 Å². The lowest BCUT2D eigenvalue weighted by atomic mass is 9.97. The highest BCUT2D eigenvalue weighted by Crippen LogP contribution is 2.32. The van der Waals surface area contributed by atoms with Crippen LogP contribution in [-0.4, -0.2) is 64.7 Å². The van der Waals surface area contributed by atoms with Gasteiger partial charge in [-0.1, -0.05) is 12.1 Å². The molecule has 28 heavy (non-hydrogen) atoms. The van der Waals surface area contributed by atoms with Gasteiger partial charge in [-0.2, -0.15) is 0 Å². The molecule has 1 aromatic rings. The van der Waals surface area contributed by atoms with E-state index < -0.39 is 23.0 Å². The van der Waals surface area contributed by atoms with Crippen molar-refractivity contribution >= 4 is 40.9 Å². The Hall–Kier alpha value is -2.81. The van der Waals surface area contributed by atoms with E-state index in [2.05, 4.69) is 0 Å². The van der Waals surface area contributed by atoms with Crippen molar-refractivity contribution in [2.75, 3.05) is 26.7 Å². The molecule has 0 radical (unpaired) electrons. The SMILES string of the molecule is COc1ccc(C=C2SC(=O)N(CC(=O)N3CCC(C(=O)O)CC3)C2=O)cc1. The monoisotopic (exact) mass is 404 g/mol. The van der Waals surface area contributed by atoms with Crippen LogP contribution in [0.4, 0.5) is 4.79 Å². The number of hydrogen-bond donors (Lipinski definition) is 1. The summed E-state index contributed by atoms with van der Waals surface area (Å²) in [5.74, 6) is -1.48. The maximum atomic E-state index is 12.5. The fourth-order valence-electron chi connectivity index (χ4n) is 3.10. The van der Waals surface area contributed by atoms with E-state index in [1.54, 1.807) is 37.5 Å². The number of imide groups is 1. The highest BCUT2D eigenvalue weighted by atomic mass is 32.2. The predicted molar refractivity (Wildman–Crippen MR) is 103 cm³/mol. The Morgan fingerprint density at radius 1 is 1.21 bits per heavy atom. The van der Waals surface area contributed by atoms with Gasteiger partial charge in [0.15, 0.2) is 0 Å². The highest BCUT2D eigenvalue weighted by molar-refractivity contribution is 8.18. The van der Waals surface area contributed by atoms with Gasteiger partial charge in [0.2, 0.25) is 5.91 Å². The Bertz CT molecular complexity index is 827. The number of likely N-dealkylation sites (tertiary alicyclic amines) is 1. The van der Waals surface area contributed by atoms with Crippen molar-refractivity contribution in [3.05, 3.63) is 34.7 Å². The molecule has 0 atom stereocenters. The molecule has 0 bridgehead atoms. The van der Waals surface area contributed by atoms with E-state index in [0.717, 1.165) is 22.2 Å². The van der Waals surface area contributed by atoms with Gasteiger partial charge in [-0.25, -0.2) is 0 Å². The van der Waals surface area contributed by atoms with Crippen LogP contribution < -0.4 is 4.74 Å². The quantitative estimate of drug-likeness (QED) is 0.749. The van der Waals surface area contributed by atoms with Crippen LogP contribution in [0.3, 0.4) is 0 Å². The van der Waals surface area contributed by atoms with Crippen LogP contribution in [0.1, 0.15) is 18.4 Å². The average molecular weight is 404 g/mol. The molecule has 3 rings (SSSR count). The molecule has 0 saturated carbocycles. The summed E-state index contributed by atoms with van der Waals surface area (Å²) in [7, 11) is 1.56. The zero-order chi connectivity index (χ0) is 20.3. The molecule has 1 aromatic carbocycles. The summed E-state index contributed by atoms with van der Waals surface area (Å²) in [4.78, 5) is 50.9. The van der Waals surface area contributed by atoms with Crippen molar-refractivity contribution in [1.29, 1.82) is 0 Å². The summed E-state index contributed by atoms with van der Waals surface area (Å²) in [5, 5.41) is 8.54. The van der Waals surface area contributed by atoms with E-state index in [-0.39, 0.29) is 17.4 Å². The second-order valence-corrected chi connectivity index (χ2v) is 7.53. The molecular formula is C19H20N2O6S. The smallest absolute Gasteiger partial charge is 0.306 e. The molecule has 0 unspecified atom stereocenters. The van der Waals surface area contributed by atoms with Crippen LogP contribution in [0.25, 0.3) is 6.08 Å². The van der Waals surface area contributed by atoms with Gasteiger partial charge in [-0.15, -0.1) is 0 Å². The third-order valence-electron chi connectivity index (χ3n) is 4.78. The fraction of sp³-hybridized carbons (Fsp3) is 0.368. The van der Waals surface area contributed by atoms with Crippen molar-refractivity contribution in [2.24, 2.45) is 5.92 Å². The molecule has 148 valence electrons. The van der Waals surface area contributed by atoms with Crippen molar-refractivity contribution in [1.82, 2.24) is 9.80 Å². The molecule has 0 aliphatic carbocycles. The zero-order valence-corrected chi connectivity index (χ0v) is 16.1. The Kier molecular flexibility index (Phi) is 6.03. The molecule has 2 aliphatic rings. The second kappa shape index (κ2) is 8.47. The number of carboxylic acids is 1. The molecule has 0 aromatic heterocycles. The predicted octanol–water partition coefficient (Wildman–Crippen LogP) is 2.05. The van der Waals surface area contributed by atoms with Gasteiger partial charge in [0.25, 0.3) is 11.1 Å². The first-order chi connectivity index (χ1) is 13.4. The standard InChI is InChI=1S/C19H20N2O6S/c1-27-14-4-2-12(3-5-14)10-15-17(23)21(19(26)28-15)11-16(22)20-8-6-13(7-9-20)18(24)25/h2-5,10,13H,6-9,11H2,1H3,(H,24,25). The second-order valence-electron chi connectivity index (χ2n) is 6.53. The number of ether oxygens (including phenoxy) is 1. The van der Waals surface area contributed by atoms with Crippen LogP contribution in [0.15, 0.2) is 29.2 Å². The molecule has 2 heterocycles. The van der Waals surface area contributed by atoms with Crippen LogP contribution >= 0.6 is 11.8 Å². The van der Waals surface area contributed by atoms with E-state index in [1.165, 1.54) is 4.90 Å². The van der Waals surface area contributed by atoms with Gasteiger partial charge in [0.05, 0.1) is 17.9 Å². The van der Waals surface area contributed by atoms with Gasteiger partial charge < -0.3 is 14.7 Å². The topological polar surface area (TPSA) is 104 Å². The number of benzene rings is 1. The number of hydrogen-bond acceptors (Lipinski definition) is 6. The van der Waals surface area contributed by atoms with E-state index in [1.807, 2.05) is 0 Å². The third-order valence-corrected chi connectivity index (χ3v) is 5.68. The highest BCUT2D eigenvalue weighted by Gasteiger charge is 2.37. The first-order valence-electron chi connectivity index (χ1n) is 8.79. The number of carboxylic acid groups (broad SMARTS) is 1. The Morgan fingerprint density at radius 2 is 1.86 bits per heavy atom. The number of rotatable bonds is 5. The summed E-state index contributed by atoms with van der Waals surface area (Å²) in [5.41, 5.74) is 0.744. The number of nitrogens with zero attached hydrogens (tertiary/aromatic N) is 2. The number of carbonyl (C=O) groups is 4. The van der Waals surface area contributed by atoms with E-state index >= 15 is 0 Å². The molecule has 2 fully saturated rings. The molecule has 0 spiro atoms. The van der Waals surface area contributed by atoms with Crippen LogP contribution in [0.2, 0.25) is 0 Å². The molecule has 9 heteroatoms. The van der Waals surface area contributed by atoms with Gasteiger partial charge in [-0.3, -0.25) is 24.1 Å². The minimum Gasteiger partial charge on any atom is -0.497 e. The van der Waals surface area contributed by atoms with Gasteiger partial charge in [0, 0.05) is 13.1 Å². The normalized spacial score (nSPS) is 19.4. The summed E-state index contributed by atoms with van der Waals surface area (Å²) in [6, 6.07) is 7.04. The largest absolute Gasteiger partial charge is 0.497 e. The van der Waals surface area contributed by atoms with E-state index in [4.69, 9.17) is 9.84 Å². The number of aliphatic carboxylic acids is 1. The van der Waals surface area contributed by atoms with Gasteiger partial charge >= 0.3 is 5.97 Å². The van der Waals surface area contributed by atoms with Gasteiger partial charge in [0.1, 0.15) is 12.3 Å². The fourth-order valence-corrected chi connectivity index (χ4v) is 3.94. The summed E-state index contributed by atoms with van der Waals surface area (Å²) in [6.45, 7) is 0.295. The molecule has 2 saturated heterocycles. The molecule has 8 nitrogen and oxygen atoms in total. The lowest BCUT2D eigenvalue weighted by molar-refractivity contribution is -0.146. The number of amides is 3. The third kappa shape index (κ3) is 4.36. The molecule has 3 amide bonds. The lowest BCUT2D eigenvalue weighted by Crippen LogP contribution is -2.46. The first kappa shape index (κ1) is 19.9. The Balaban J connectivity index is 1.62. The van der Waals surface area contributed by atoms with Crippen molar-refractivity contribution in [2.45, 2.75) is 12.8 Å². The molecule has 1 N–H and O–H groups in total. The number of thioether (sulfide) groups is 1. The minimum absolute atomic E-state index is 0.257. The number of piperidine rings is 1. The first-order valence-corrected chi connectivity index (χ1v) is 9.60. The zero-order valence-electron chi connectivity index (χ0n) is 15.3. The van der Waals surface area contributed by atoms with E-state index in [0.29, 0.717) is 31.7 Å². The molecule has 2 aliphatic heterocycles. The van der Waals surface area contributed by atoms with Crippen molar-refractivity contribution < 1.29 is 29.0 Å². The number of carbonyl (C=O) groups excluding carboxylic acids is 3. The Labute approximate surface area is 166 Å². The lowest BCUT2D eigenvalue weighted by Gasteiger charge is -2.30. The Morgan fingerprint density at radius 3 is 2.43 bits per heavy atom. The van der Waals surface area contributed by atoms with E-state index in [9.17, 15) is 19.2 Å². The minimum atomic E-state index is -0.860. The van der Waals surface area contributed by atoms with Crippen molar-refractivity contribution in [3.63, 3.8) is 0 Å². The van der Waals surface area contributed by atoms with Crippen LogP contribution in [0, 0.1) is 5.92 Å².